The second-order valence-corrected chi connectivity index (χ2v) is 6.97. The molecule has 2 N–H and O–H groups in total. The van der Waals surface area contributed by atoms with E-state index < -0.39 is 5.23 Å². The molecule has 1 aliphatic carbocycles. The Morgan fingerprint density at radius 1 is 1.38 bits per heavy atom. The molecule has 1 atom stereocenters. The Balaban J connectivity index is 2.03. The lowest BCUT2D eigenvalue weighted by atomic mass is 9.80. The summed E-state index contributed by atoms with van der Waals surface area (Å²) in [5, 5.41) is 19.2. The second kappa shape index (κ2) is 7.05. The highest BCUT2D eigenvalue weighted by Gasteiger charge is 2.25. The summed E-state index contributed by atoms with van der Waals surface area (Å²) in [6.45, 7) is 6.24. The molecule has 1 aliphatic rings. The van der Waals surface area contributed by atoms with E-state index in [9.17, 15) is 5.21 Å². The Hall–Kier alpha value is -0.690. The molecule has 0 spiro atoms. The first kappa shape index (κ1) is 16.7. The number of quaternary nitrogens is 1. The van der Waals surface area contributed by atoms with Gasteiger partial charge in [-0.1, -0.05) is 13.8 Å². The molecule has 1 heterocycles. The van der Waals surface area contributed by atoms with Crippen molar-refractivity contribution >= 4 is 21.6 Å². The highest BCUT2D eigenvalue weighted by molar-refractivity contribution is 9.10. The third-order valence-electron chi connectivity index (χ3n) is 4.30. The third-order valence-corrected chi connectivity index (χ3v) is 4.87. The average Bonchev–Trinajstić information content (AvgIpc) is 2.42. The number of aryl methyl sites for hydroxylation is 1. The van der Waals surface area contributed by atoms with Gasteiger partial charge in [-0.05, 0) is 60.4 Å². The maximum Gasteiger partial charge on any atom is 0.228 e. The zero-order chi connectivity index (χ0) is 15.6. The minimum absolute atomic E-state index is 0.180. The molecule has 0 saturated heterocycles. The van der Waals surface area contributed by atoms with Gasteiger partial charge in [-0.2, -0.15) is 5.23 Å². The lowest BCUT2D eigenvalue weighted by Crippen LogP contribution is -2.99. The monoisotopic (exact) mass is 358 g/mol. The van der Waals surface area contributed by atoms with Crippen molar-refractivity contribution in [3.8, 4) is 5.88 Å². The van der Waals surface area contributed by atoms with E-state index in [2.05, 4.69) is 34.8 Å². The van der Waals surface area contributed by atoms with E-state index in [-0.39, 0.29) is 11.8 Å². The Bertz CT molecular complexity index is 486. The molecule has 1 saturated carbocycles. The smallest absolute Gasteiger partial charge is 0.228 e. The van der Waals surface area contributed by atoms with Gasteiger partial charge in [0.1, 0.15) is 11.8 Å². The van der Waals surface area contributed by atoms with E-state index in [1.807, 2.05) is 0 Å². The number of nitrogens with one attached hydrogen (secondary N) is 1. The normalized spacial score (nSPS) is 24.1. The Kier molecular flexibility index (Phi) is 5.60. The van der Waals surface area contributed by atoms with Crippen LogP contribution in [0.1, 0.15) is 45.2 Å². The molecular weight excluding hydrogens is 336 g/mol. The summed E-state index contributed by atoms with van der Waals surface area (Å²) >= 11 is 3.36. The molecule has 1 fully saturated rings. The number of aromatic nitrogens is 1. The molecule has 0 bridgehead atoms. The Morgan fingerprint density at radius 3 is 2.52 bits per heavy atom. The first-order chi connectivity index (χ1) is 9.88. The van der Waals surface area contributed by atoms with Crippen molar-refractivity contribution in [3.05, 3.63) is 21.4 Å². The van der Waals surface area contributed by atoms with E-state index in [4.69, 9.17) is 9.94 Å². The topological polar surface area (TPSA) is 69.9 Å². The standard InChI is InChI=1S/C15H23BrN2O3/c1-9(2)11-4-6-12(7-5-11)21-15-13(16)8-14(18(19)20)10(3)17-15/h8-9,11-12,18-19H,4-7H2,1-3H3. The van der Waals surface area contributed by atoms with Crippen LogP contribution >= 0.6 is 15.9 Å². The first-order valence-corrected chi connectivity index (χ1v) is 8.25. The molecule has 2 rings (SSSR count). The highest BCUT2D eigenvalue weighted by atomic mass is 79.9. The third kappa shape index (κ3) is 4.16. The van der Waals surface area contributed by atoms with Crippen LogP contribution in [0.5, 0.6) is 5.88 Å². The summed E-state index contributed by atoms with van der Waals surface area (Å²) in [5.41, 5.74) is 0.689. The van der Waals surface area contributed by atoms with Crippen LogP contribution in [0.25, 0.3) is 0 Å². The molecule has 21 heavy (non-hydrogen) atoms. The minimum Gasteiger partial charge on any atom is -0.595 e. The van der Waals surface area contributed by atoms with Crippen LogP contribution in [0.2, 0.25) is 0 Å². The van der Waals surface area contributed by atoms with Crippen LogP contribution in [-0.2, 0) is 0 Å². The molecular formula is C15H23BrN2O3. The molecule has 1 aromatic rings. The molecule has 0 aliphatic heterocycles. The quantitative estimate of drug-likeness (QED) is 0.811. The number of pyridine rings is 1. The zero-order valence-corrected chi connectivity index (χ0v) is 14.3. The lowest BCUT2D eigenvalue weighted by molar-refractivity contribution is -0.991. The van der Waals surface area contributed by atoms with Crippen LogP contribution in [0, 0.1) is 24.0 Å². The predicted molar refractivity (Wildman–Crippen MR) is 83.7 cm³/mol. The number of rotatable bonds is 4. The van der Waals surface area contributed by atoms with Gasteiger partial charge in [0.15, 0.2) is 5.69 Å². The molecule has 1 aromatic heterocycles. The molecule has 0 aromatic carbocycles. The SMILES string of the molecule is Cc1nc(OC2CCC(C(C)C)CC2)c(Br)cc1[NH+]([O-])O. The van der Waals surface area contributed by atoms with Crippen LogP contribution in [0.3, 0.4) is 0 Å². The van der Waals surface area contributed by atoms with Gasteiger partial charge in [-0.15, -0.1) is 0 Å². The first-order valence-electron chi connectivity index (χ1n) is 7.45. The van der Waals surface area contributed by atoms with Gasteiger partial charge in [-0.25, -0.2) is 10.2 Å². The van der Waals surface area contributed by atoms with Gasteiger partial charge in [0.05, 0.1) is 4.47 Å². The van der Waals surface area contributed by atoms with E-state index in [0.29, 0.717) is 16.0 Å². The van der Waals surface area contributed by atoms with Gasteiger partial charge < -0.3 is 9.94 Å². The number of nitrogens with zero attached hydrogens (tertiary/aromatic N) is 1. The summed E-state index contributed by atoms with van der Waals surface area (Å²) in [6.07, 6.45) is 4.63. The van der Waals surface area contributed by atoms with Crippen molar-refractivity contribution < 1.29 is 15.2 Å². The van der Waals surface area contributed by atoms with Gasteiger partial charge in [0.2, 0.25) is 5.88 Å². The number of halogens is 1. The minimum atomic E-state index is -0.968. The van der Waals surface area contributed by atoms with Crippen LogP contribution in [-0.4, -0.2) is 16.3 Å². The zero-order valence-electron chi connectivity index (χ0n) is 12.7. The molecule has 0 radical (unpaired) electrons. The van der Waals surface area contributed by atoms with E-state index in [1.165, 1.54) is 12.8 Å². The number of hydrogen-bond donors (Lipinski definition) is 2. The van der Waals surface area contributed by atoms with E-state index in [0.717, 1.165) is 24.7 Å². The van der Waals surface area contributed by atoms with Crippen molar-refractivity contribution in [1.29, 1.82) is 0 Å². The molecule has 6 heteroatoms. The van der Waals surface area contributed by atoms with Crippen molar-refractivity contribution in [2.24, 2.45) is 11.8 Å². The van der Waals surface area contributed by atoms with Crippen molar-refractivity contribution in [3.63, 3.8) is 0 Å². The molecule has 5 nitrogen and oxygen atoms in total. The fourth-order valence-corrected chi connectivity index (χ4v) is 3.30. The number of hydrogen-bond acceptors (Lipinski definition) is 4. The van der Waals surface area contributed by atoms with E-state index >= 15 is 0 Å². The fourth-order valence-electron chi connectivity index (χ4n) is 2.89. The fraction of sp³-hybridized carbons (Fsp3) is 0.667. The Morgan fingerprint density at radius 2 is 2.00 bits per heavy atom. The van der Waals surface area contributed by atoms with Gasteiger partial charge in [-0.3, -0.25) is 0 Å². The van der Waals surface area contributed by atoms with Crippen molar-refractivity contribution in [2.75, 3.05) is 0 Å². The summed E-state index contributed by atoms with van der Waals surface area (Å²) < 4.78 is 6.59. The molecule has 118 valence electrons. The van der Waals surface area contributed by atoms with Gasteiger partial charge in [0, 0.05) is 6.07 Å². The predicted octanol–water partition coefficient (Wildman–Crippen LogP) is 3.15. The van der Waals surface area contributed by atoms with Crippen LogP contribution < -0.4 is 9.96 Å². The summed E-state index contributed by atoms with van der Waals surface area (Å²) in [7, 11) is 0. The van der Waals surface area contributed by atoms with Crippen LogP contribution in [0.4, 0.5) is 5.69 Å². The Labute approximate surface area is 134 Å². The summed E-state index contributed by atoms with van der Waals surface area (Å²) in [5.74, 6) is 2.02. The molecule has 1 unspecified atom stereocenters. The highest BCUT2D eigenvalue weighted by Crippen LogP contribution is 2.34. The van der Waals surface area contributed by atoms with Gasteiger partial charge >= 0.3 is 0 Å². The lowest BCUT2D eigenvalue weighted by Gasteiger charge is -2.31. The van der Waals surface area contributed by atoms with Crippen molar-refractivity contribution in [2.45, 2.75) is 52.6 Å². The van der Waals surface area contributed by atoms with Gasteiger partial charge in [0.25, 0.3) is 0 Å². The maximum atomic E-state index is 11.1. The van der Waals surface area contributed by atoms with Crippen molar-refractivity contribution in [1.82, 2.24) is 4.98 Å². The molecule has 0 amide bonds. The largest absolute Gasteiger partial charge is 0.595 e. The van der Waals surface area contributed by atoms with Crippen LogP contribution in [0.15, 0.2) is 10.5 Å². The average molecular weight is 359 g/mol. The number of ether oxygens (including phenoxy) is 1. The summed E-state index contributed by atoms with van der Waals surface area (Å²) in [6, 6.07) is 1.57. The maximum absolute atomic E-state index is 11.1. The van der Waals surface area contributed by atoms with E-state index in [1.54, 1.807) is 13.0 Å². The second-order valence-electron chi connectivity index (χ2n) is 6.11. The summed E-state index contributed by atoms with van der Waals surface area (Å²) in [4.78, 5) is 4.29.